The van der Waals surface area contributed by atoms with Crippen LogP contribution >= 0.6 is 15.9 Å². The molecule has 0 saturated carbocycles. The highest BCUT2D eigenvalue weighted by Gasteiger charge is 2.32. The number of benzene rings is 4. The number of halogens is 1. The average molecular weight is 580 g/mol. The molecule has 1 atom stereocenters. The van der Waals surface area contributed by atoms with Crippen molar-refractivity contribution < 1.29 is 9.66 Å². The van der Waals surface area contributed by atoms with Crippen molar-refractivity contribution in [2.75, 3.05) is 12.1 Å². The normalized spacial score (nSPS) is 14.9. The van der Waals surface area contributed by atoms with Gasteiger partial charge in [0.05, 0.1) is 35.0 Å². The Hall–Kier alpha value is -4.63. The molecule has 6 rings (SSSR count). The van der Waals surface area contributed by atoms with Crippen molar-refractivity contribution in [3.05, 3.63) is 123 Å². The summed E-state index contributed by atoms with van der Waals surface area (Å²) in [6, 6.07) is 30.0. The molecule has 0 amide bonds. The summed E-state index contributed by atoms with van der Waals surface area (Å²) in [5.74, 6) is 1.22. The molecule has 0 unspecified atom stereocenters. The molecule has 1 aliphatic rings. The molecule has 8 nitrogen and oxygen atoms in total. The molecular formula is C30H22BrN5O3. The third-order valence-corrected chi connectivity index (χ3v) is 7.21. The first-order valence-electron chi connectivity index (χ1n) is 12.3. The second-order valence-electron chi connectivity index (χ2n) is 9.09. The second-order valence-corrected chi connectivity index (χ2v) is 10.0. The average Bonchev–Trinajstić information content (AvgIpc) is 3.43. The van der Waals surface area contributed by atoms with Crippen molar-refractivity contribution in [3.63, 3.8) is 0 Å². The van der Waals surface area contributed by atoms with Gasteiger partial charge in [0.2, 0.25) is 5.95 Å². The number of rotatable bonds is 6. The fraction of sp³-hybridized carbons (Fsp3) is 0.100. The monoisotopic (exact) mass is 579 g/mol. The van der Waals surface area contributed by atoms with Gasteiger partial charge >= 0.3 is 0 Å². The zero-order valence-corrected chi connectivity index (χ0v) is 22.4. The zero-order valence-electron chi connectivity index (χ0n) is 20.9. The summed E-state index contributed by atoms with van der Waals surface area (Å²) in [6.45, 7) is 0. The van der Waals surface area contributed by atoms with Crippen LogP contribution in [0.15, 0.2) is 107 Å². The van der Waals surface area contributed by atoms with Crippen molar-refractivity contribution in [3.8, 4) is 17.0 Å². The Morgan fingerprint density at radius 1 is 0.923 bits per heavy atom. The van der Waals surface area contributed by atoms with Crippen LogP contribution < -0.4 is 9.75 Å². The summed E-state index contributed by atoms with van der Waals surface area (Å²) >= 11 is 3.58. The minimum atomic E-state index is -0.397. The Morgan fingerprint density at radius 2 is 1.67 bits per heavy atom. The summed E-state index contributed by atoms with van der Waals surface area (Å²) in [5, 5.41) is 19.0. The third-order valence-electron chi connectivity index (χ3n) is 6.72. The molecule has 192 valence electrons. The number of hydrogen-bond donors (Lipinski definition) is 0. The first kappa shape index (κ1) is 24.7. The number of ether oxygens (including phenoxy) is 1. The maximum atomic E-state index is 11.3. The quantitative estimate of drug-likeness (QED) is 0.154. The van der Waals surface area contributed by atoms with E-state index in [4.69, 9.17) is 19.8 Å². The van der Waals surface area contributed by atoms with Gasteiger partial charge in [-0.1, -0.05) is 58.4 Å². The Morgan fingerprint density at radius 3 is 2.36 bits per heavy atom. The van der Waals surface area contributed by atoms with E-state index in [-0.39, 0.29) is 11.7 Å². The topological polar surface area (TPSA) is 93.8 Å². The summed E-state index contributed by atoms with van der Waals surface area (Å²) in [6.07, 6.45) is 0.576. The van der Waals surface area contributed by atoms with Gasteiger partial charge in [-0.3, -0.25) is 10.1 Å². The standard InChI is InChI=1S/C30H22BrN5O3/c1-39-24-14-9-19(10-15-24)27-18-28(20-7-12-23(13-8-20)36(37)38)35(34-27)30-32-26-16-11-22(31)17-25(26)29(33-30)21-5-3-2-4-6-21/h2-17,28H,18H2,1H3/t28-/m1/s1. The SMILES string of the molecule is COc1ccc(C2=NN(c3nc(-c4ccccc4)c4cc(Br)ccc4n3)[C@@H](c3ccc([N+](=O)[O-])cc3)C2)cc1. The van der Waals surface area contributed by atoms with E-state index in [1.807, 2.05) is 77.8 Å². The van der Waals surface area contributed by atoms with Crippen molar-refractivity contribution in [1.82, 2.24) is 9.97 Å². The third kappa shape index (κ3) is 4.84. The van der Waals surface area contributed by atoms with Crippen molar-refractivity contribution in [2.24, 2.45) is 5.10 Å². The maximum absolute atomic E-state index is 11.3. The number of anilines is 1. The molecule has 0 aliphatic carbocycles. The first-order chi connectivity index (χ1) is 19.0. The van der Waals surface area contributed by atoms with Crippen LogP contribution in [0.25, 0.3) is 22.2 Å². The zero-order chi connectivity index (χ0) is 26.9. The molecule has 0 bridgehead atoms. The largest absolute Gasteiger partial charge is 0.497 e. The molecule has 4 aromatic carbocycles. The Kier molecular flexibility index (Phi) is 6.50. The van der Waals surface area contributed by atoms with Crippen molar-refractivity contribution in [2.45, 2.75) is 12.5 Å². The van der Waals surface area contributed by atoms with E-state index in [1.54, 1.807) is 19.2 Å². The molecular weight excluding hydrogens is 558 g/mol. The fourth-order valence-electron chi connectivity index (χ4n) is 4.74. The lowest BCUT2D eigenvalue weighted by molar-refractivity contribution is -0.384. The van der Waals surface area contributed by atoms with Crippen LogP contribution in [0.4, 0.5) is 11.6 Å². The molecule has 1 aliphatic heterocycles. The first-order valence-corrected chi connectivity index (χ1v) is 13.1. The Labute approximate surface area is 232 Å². The number of nitro groups is 1. The predicted molar refractivity (Wildman–Crippen MR) is 155 cm³/mol. The molecule has 0 fully saturated rings. The van der Waals surface area contributed by atoms with Gasteiger partial charge in [0.15, 0.2) is 0 Å². The van der Waals surface area contributed by atoms with Gasteiger partial charge in [-0.25, -0.2) is 15.0 Å². The number of fused-ring (bicyclic) bond motifs is 1. The number of non-ortho nitro benzene ring substituents is 1. The van der Waals surface area contributed by atoms with E-state index < -0.39 is 4.92 Å². The van der Waals surface area contributed by atoms with Gasteiger partial charge in [-0.2, -0.15) is 5.10 Å². The van der Waals surface area contributed by atoms with Gasteiger partial charge in [0.25, 0.3) is 5.69 Å². The fourth-order valence-corrected chi connectivity index (χ4v) is 5.10. The summed E-state index contributed by atoms with van der Waals surface area (Å²) in [7, 11) is 1.63. The lowest BCUT2D eigenvalue weighted by Gasteiger charge is -2.23. The molecule has 2 heterocycles. The van der Waals surface area contributed by atoms with Gasteiger partial charge < -0.3 is 4.74 Å². The molecule has 1 aromatic heterocycles. The highest BCUT2D eigenvalue weighted by atomic mass is 79.9. The highest BCUT2D eigenvalue weighted by molar-refractivity contribution is 9.10. The lowest BCUT2D eigenvalue weighted by atomic mass is 9.98. The lowest BCUT2D eigenvalue weighted by Crippen LogP contribution is -2.21. The van der Waals surface area contributed by atoms with Crippen molar-refractivity contribution in [1.29, 1.82) is 0 Å². The number of hydrogen-bond acceptors (Lipinski definition) is 7. The number of nitro benzene ring substituents is 1. The van der Waals surface area contributed by atoms with Gasteiger partial charge in [-0.15, -0.1) is 0 Å². The molecule has 39 heavy (non-hydrogen) atoms. The number of hydrazone groups is 1. The van der Waals surface area contributed by atoms with Gasteiger partial charge in [0, 0.05) is 34.0 Å². The summed E-state index contributed by atoms with van der Waals surface area (Å²) < 4.78 is 6.26. The van der Waals surface area contributed by atoms with Gasteiger partial charge in [0.1, 0.15) is 5.75 Å². The van der Waals surface area contributed by atoms with E-state index >= 15 is 0 Å². The van der Waals surface area contributed by atoms with Crippen LogP contribution in [-0.2, 0) is 0 Å². The Balaban J connectivity index is 1.51. The Bertz CT molecular complexity index is 1710. The predicted octanol–water partition coefficient (Wildman–Crippen LogP) is 7.33. The van der Waals surface area contributed by atoms with Crippen LogP contribution in [-0.4, -0.2) is 27.7 Å². The summed E-state index contributed by atoms with van der Waals surface area (Å²) in [5.41, 5.74) is 5.30. The number of aromatic nitrogens is 2. The maximum Gasteiger partial charge on any atom is 0.269 e. The molecule has 0 N–H and O–H groups in total. The smallest absolute Gasteiger partial charge is 0.269 e. The van der Waals surface area contributed by atoms with Crippen LogP contribution in [0, 0.1) is 10.1 Å². The molecule has 0 saturated heterocycles. The molecule has 0 spiro atoms. The van der Waals surface area contributed by atoms with Crippen LogP contribution in [0.2, 0.25) is 0 Å². The minimum absolute atomic E-state index is 0.0403. The van der Waals surface area contributed by atoms with Gasteiger partial charge in [-0.05, 0) is 53.6 Å². The van der Waals surface area contributed by atoms with Crippen LogP contribution in [0.1, 0.15) is 23.6 Å². The van der Waals surface area contributed by atoms with E-state index in [0.29, 0.717) is 12.4 Å². The molecule has 5 aromatic rings. The minimum Gasteiger partial charge on any atom is -0.497 e. The number of nitrogens with zero attached hydrogens (tertiary/aromatic N) is 5. The second kappa shape index (κ2) is 10.3. The summed E-state index contributed by atoms with van der Waals surface area (Å²) in [4.78, 5) is 20.8. The molecule has 0 radical (unpaired) electrons. The van der Waals surface area contributed by atoms with E-state index in [9.17, 15) is 10.1 Å². The van der Waals surface area contributed by atoms with E-state index in [1.165, 1.54) is 12.1 Å². The molecule has 9 heteroatoms. The van der Waals surface area contributed by atoms with Crippen molar-refractivity contribution >= 4 is 44.2 Å². The van der Waals surface area contributed by atoms with E-state index in [2.05, 4.69) is 15.9 Å². The highest BCUT2D eigenvalue weighted by Crippen LogP contribution is 2.38. The van der Waals surface area contributed by atoms with Crippen LogP contribution in [0.3, 0.4) is 0 Å². The van der Waals surface area contributed by atoms with Crippen LogP contribution in [0.5, 0.6) is 5.75 Å². The number of methoxy groups -OCH3 is 1. The van der Waals surface area contributed by atoms with E-state index in [0.717, 1.165) is 49.2 Å².